The van der Waals surface area contributed by atoms with Crippen LogP contribution in [-0.2, 0) is 0 Å². The molecule has 0 aliphatic rings. The average Bonchev–Trinajstić information content (AvgIpc) is 2.36. The molecule has 0 aliphatic carbocycles. The quantitative estimate of drug-likeness (QED) is 0.690. The molecule has 1 N–H and O–H groups in total. The van der Waals surface area contributed by atoms with Gasteiger partial charge in [-0.1, -0.05) is 57.2 Å². The summed E-state index contributed by atoms with van der Waals surface area (Å²) in [5, 5.41) is 14.6. The lowest BCUT2D eigenvalue weighted by atomic mass is 10.4. The van der Waals surface area contributed by atoms with Gasteiger partial charge >= 0.3 is 0 Å². The van der Waals surface area contributed by atoms with E-state index in [1.807, 2.05) is 63.2 Å². The number of aliphatic hydroxyl groups excluding tert-OH is 1. The molecule has 0 saturated heterocycles. The van der Waals surface area contributed by atoms with Crippen molar-refractivity contribution in [3.05, 3.63) is 36.4 Å². The van der Waals surface area contributed by atoms with E-state index in [9.17, 15) is 0 Å². The molecule has 0 aromatic heterocycles. The summed E-state index contributed by atoms with van der Waals surface area (Å²) in [6.45, 7) is 5.82. The Morgan fingerprint density at radius 1 is 0.929 bits per heavy atom. The van der Waals surface area contributed by atoms with Crippen LogP contribution in [0.2, 0.25) is 0 Å². The Morgan fingerprint density at radius 2 is 1.07 bits per heavy atom. The van der Waals surface area contributed by atoms with Crippen LogP contribution in [0.3, 0.4) is 0 Å². The Hall–Kier alpha value is -1.33. The Bertz CT molecular complexity index is 153. The highest BCUT2D eigenvalue weighted by molar-refractivity contribution is 4.99. The molecule has 1 aromatic carbocycles. The molecular formula is C12H21NO. The first kappa shape index (κ1) is 18.5. The van der Waals surface area contributed by atoms with Crippen LogP contribution in [0.1, 0.15) is 27.2 Å². The van der Waals surface area contributed by atoms with E-state index in [1.165, 1.54) is 0 Å². The Labute approximate surface area is 87.8 Å². The SMILES string of the molecule is CC.CCC#N.CO.c1ccccc1. The minimum atomic E-state index is 0.625. The van der Waals surface area contributed by atoms with Crippen molar-refractivity contribution < 1.29 is 5.11 Å². The van der Waals surface area contributed by atoms with Crippen LogP contribution in [0.5, 0.6) is 0 Å². The lowest BCUT2D eigenvalue weighted by Gasteiger charge is -1.69. The maximum Gasteiger partial charge on any atom is 0.0618 e. The fourth-order valence-corrected chi connectivity index (χ4v) is 0.385. The summed E-state index contributed by atoms with van der Waals surface area (Å²) in [5.41, 5.74) is 0. The summed E-state index contributed by atoms with van der Waals surface area (Å²) in [6.07, 6.45) is 0.625. The largest absolute Gasteiger partial charge is 0.400 e. The van der Waals surface area contributed by atoms with Crippen molar-refractivity contribution in [3.8, 4) is 6.07 Å². The molecule has 0 heterocycles. The van der Waals surface area contributed by atoms with Crippen molar-refractivity contribution in [1.82, 2.24) is 0 Å². The summed E-state index contributed by atoms with van der Waals surface area (Å²) < 4.78 is 0. The summed E-state index contributed by atoms with van der Waals surface area (Å²) in [5.74, 6) is 0. The van der Waals surface area contributed by atoms with Crippen LogP contribution in [0.4, 0.5) is 0 Å². The molecule has 0 fully saturated rings. The molecule has 2 nitrogen and oxygen atoms in total. The van der Waals surface area contributed by atoms with E-state index < -0.39 is 0 Å². The zero-order chi connectivity index (χ0) is 11.7. The van der Waals surface area contributed by atoms with Gasteiger partial charge in [0.1, 0.15) is 0 Å². The number of aliphatic hydroxyl groups is 1. The predicted octanol–water partition coefficient (Wildman–Crippen LogP) is 3.24. The maximum absolute atomic E-state index is 7.62. The lowest BCUT2D eigenvalue weighted by Crippen LogP contribution is -1.47. The van der Waals surface area contributed by atoms with E-state index in [-0.39, 0.29) is 0 Å². The van der Waals surface area contributed by atoms with Gasteiger partial charge in [0.15, 0.2) is 0 Å². The van der Waals surface area contributed by atoms with Crippen molar-refractivity contribution in [2.24, 2.45) is 0 Å². The first-order valence-electron chi connectivity index (χ1n) is 4.73. The van der Waals surface area contributed by atoms with Gasteiger partial charge in [-0.2, -0.15) is 5.26 Å². The monoisotopic (exact) mass is 195 g/mol. The van der Waals surface area contributed by atoms with Crippen molar-refractivity contribution in [2.75, 3.05) is 7.11 Å². The second-order valence-corrected chi connectivity index (χ2v) is 1.67. The molecule has 1 rings (SSSR count). The van der Waals surface area contributed by atoms with Crippen molar-refractivity contribution in [2.45, 2.75) is 27.2 Å². The molecule has 0 spiro atoms. The van der Waals surface area contributed by atoms with Crippen molar-refractivity contribution >= 4 is 0 Å². The van der Waals surface area contributed by atoms with Gasteiger partial charge in [-0.05, 0) is 0 Å². The molecule has 0 saturated carbocycles. The van der Waals surface area contributed by atoms with E-state index in [0.717, 1.165) is 7.11 Å². The Balaban J connectivity index is -0.000000134. The standard InChI is InChI=1S/C6H6.C3H5N.C2H6.CH4O/c1-2-4-6-5-3-1;1-2-3-4;2*1-2/h1-6H;2H2,1H3;1-2H3;2H,1H3. The maximum atomic E-state index is 7.62. The average molecular weight is 195 g/mol. The summed E-state index contributed by atoms with van der Waals surface area (Å²) in [6, 6.07) is 13.9. The van der Waals surface area contributed by atoms with E-state index in [0.29, 0.717) is 6.42 Å². The highest BCUT2D eigenvalue weighted by Gasteiger charge is 1.57. The fourth-order valence-electron chi connectivity index (χ4n) is 0.385. The zero-order valence-electron chi connectivity index (χ0n) is 9.57. The van der Waals surface area contributed by atoms with Crippen molar-refractivity contribution in [3.63, 3.8) is 0 Å². The van der Waals surface area contributed by atoms with Crippen LogP contribution in [0.15, 0.2) is 36.4 Å². The van der Waals surface area contributed by atoms with E-state index in [4.69, 9.17) is 10.4 Å². The van der Waals surface area contributed by atoms with Gasteiger partial charge in [0, 0.05) is 13.5 Å². The minimum absolute atomic E-state index is 0.625. The van der Waals surface area contributed by atoms with Gasteiger partial charge in [0.2, 0.25) is 0 Å². The van der Waals surface area contributed by atoms with Gasteiger partial charge in [-0.15, -0.1) is 0 Å². The third-order valence-electron chi connectivity index (χ3n) is 0.825. The number of hydrogen-bond acceptors (Lipinski definition) is 2. The number of benzene rings is 1. The third-order valence-corrected chi connectivity index (χ3v) is 0.825. The zero-order valence-corrected chi connectivity index (χ0v) is 9.57. The Kier molecular flexibility index (Phi) is 39.4. The van der Waals surface area contributed by atoms with Gasteiger partial charge in [0.25, 0.3) is 0 Å². The molecule has 1 aromatic rings. The minimum Gasteiger partial charge on any atom is -0.400 e. The Morgan fingerprint density at radius 3 is 1.14 bits per heavy atom. The number of nitrogens with zero attached hydrogens (tertiary/aromatic N) is 1. The van der Waals surface area contributed by atoms with E-state index in [2.05, 4.69) is 0 Å². The van der Waals surface area contributed by atoms with Crippen LogP contribution in [0, 0.1) is 11.3 Å². The van der Waals surface area contributed by atoms with Gasteiger partial charge in [-0.25, -0.2) is 0 Å². The number of nitriles is 1. The molecule has 14 heavy (non-hydrogen) atoms. The summed E-state index contributed by atoms with van der Waals surface area (Å²) in [7, 11) is 1.00. The molecule has 0 aliphatic heterocycles. The smallest absolute Gasteiger partial charge is 0.0618 e. The second-order valence-electron chi connectivity index (χ2n) is 1.67. The van der Waals surface area contributed by atoms with Crippen LogP contribution in [-0.4, -0.2) is 12.2 Å². The van der Waals surface area contributed by atoms with Crippen LogP contribution >= 0.6 is 0 Å². The highest BCUT2D eigenvalue weighted by atomic mass is 16.2. The summed E-state index contributed by atoms with van der Waals surface area (Å²) in [4.78, 5) is 0. The third kappa shape index (κ3) is 31.0. The molecule has 0 bridgehead atoms. The van der Waals surface area contributed by atoms with Gasteiger partial charge in [-0.3, -0.25) is 0 Å². The molecule has 0 amide bonds. The highest BCUT2D eigenvalue weighted by Crippen LogP contribution is 1.79. The van der Waals surface area contributed by atoms with Crippen LogP contribution < -0.4 is 0 Å². The van der Waals surface area contributed by atoms with E-state index in [1.54, 1.807) is 0 Å². The number of hydrogen-bond donors (Lipinski definition) is 1. The fraction of sp³-hybridized carbons (Fsp3) is 0.417. The first-order chi connectivity index (χ1) is 6.91. The molecule has 2 heteroatoms. The molecule has 80 valence electrons. The summed E-state index contributed by atoms with van der Waals surface area (Å²) >= 11 is 0. The predicted molar refractivity (Wildman–Crippen MR) is 61.8 cm³/mol. The van der Waals surface area contributed by atoms with Crippen LogP contribution in [0.25, 0.3) is 0 Å². The molecule has 0 radical (unpaired) electrons. The first-order valence-corrected chi connectivity index (χ1v) is 4.73. The molecular weight excluding hydrogens is 174 g/mol. The topological polar surface area (TPSA) is 44.0 Å². The molecule has 0 unspecified atom stereocenters. The number of rotatable bonds is 0. The lowest BCUT2D eigenvalue weighted by molar-refractivity contribution is 0.399. The normalized spacial score (nSPS) is 5.71. The molecule has 0 atom stereocenters. The van der Waals surface area contributed by atoms with Gasteiger partial charge in [0.05, 0.1) is 6.07 Å². The van der Waals surface area contributed by atoms with E-state index >= 15 is 0 Å². The second kappa shape index (κ2) is 29.9. The van der Waals surface area contributed by atoms with Gasteiger partial charge < -0.3 is 5.11 Å². The van der Waals surface area contributed by atoms with Crippen molar-refractivity contribution in [1.29, 1.82) is 5.26 Å².